The average Bonchev–Trinajstić information content (AvgIpc) is 2.70. The third-order valence-electron chi connectivity index (χ3n) is 4.22. The molecule has 1 heterocycles. The normalized spacial score (nSPS) is 13.8. The molecule has 2 rings (SSSR count). The Morgan fingerprint density at radius 2 is 0.971 bits per heavy atom. The number of benzene rings is 1. The van der Waals surface area contributed by atoms with Gasteiger partial charge in [-0.15, -0.1) is 0 Å². The second-order valence-electron chi connectivity index (χ2n) is 6.71. The van der Waals surface area contributed by atoms with Crippen LogP contribution in [-0.4, -0.2) is 16.6 Å². The number of carbonyl (C=O) groups excluding carboxylic acids is 2. The van der Waals surface area contributed by atoms with Gasteiger partial charge in [0.05, 0.1) is 17.2 Å². The van der Waals surface area contributed by atoms with Crippen molar-refractivity contribution in [2.75, 3.05) is 0 Å². The molecule has 0 saturated carbocycles. The van der Waals surface area contributed by atoms with E-state index < -0.39 is 75.8 Å². The molecule has 1 atom stereocenters. The van der Waals surface area contributed by atoms with E-state index in [0.717, 1.165) is 6.07 Å². The van der Waals surface area contributed by atoms with Crippen LogP contribution in [0.3, 0.4) is 0 Å². The van der Waals surface area contributed by atoms with Crippen LogP contribution in [0.2, 0.25) is 0 Å². The van der Waals surface area contributed by atoms with Gasteiger partial charge in [-0.05, 0) is 30.3 Å². The van der Waals surface area contributed by atoms with Gasteiger partial charge < -0.3 is 0 Å². The number of hydrogen-bond acceptors (Lipinski definition) is 4. The van der Waals surface area contributed by atoms with Crippen LogP contribution in [0.5, 0.6) is 0 Å². The maximum atomic E-state index is 13.0. The fourth-order valence-corrected chi connectivity index (χ4v) is 2.63. The van der Waals surface area contributed by atoms with Crippen molar-refractivity contribution in [3.8, 4) is 6.07 Å². The molecule has 0 radical (unpaired) electrons. The summed E-state index contributed by atoms with van der Waals surface area (Å²) >= 11 is 0. The summed E-state index contributed by atoms with van der Waals surface area (Å²) in [6, 6.07) is -0.287. The van der Waals surface area contributed by atoms with E-state index in [2.05, 4.69) is 4.98 Å². The Kier molecular flexibility index (Phi) is 6.98. The van der Waals surface area contributed by atoms with Crippen LogP contribution >= 0.6 is 0 Å². The van der Waals surface area contributed by atoms with E-state index in [4.69, 9.17) is 5.26 Å². The molecule has 0 fully saturated rings. The third-order valence-corrected chi connectivity index (χ3v) is 4.22. The number of aromatic nitrogens is 1. The first-order valence-corrected chi connectivity index (χ1v) is 8.60. The summed E-state index contributed by atoms with van der Waals surface area (Å²) in [5.41, 5.74) is -11.5. The SMILES string of the molecule is N#CC(C(=O)c1cc(C(F)(F)F)cc(C(F)(F)F)c1)C(=O)c1cc(C(F)(F)F)nc(C(F)(F)F)c1. The second-order valence-corrected chi connectivity index (χ2v) is 6.71. The number of halogens is 12. The number of pyridine rings is 1. The molecule has 0 spiro atoms. The van der Waals surface area contributed by atoms with Crippen molar-refractivity contribution < 1.29 is 62.3 Å². The molecule has 0 amide bonds. The number of nitrogens with zero attached hydrogens (tertiary/aromatic N) is 2. The number of nitriles is 1. The van der Waals surface area contributed by atoms with Crippen molar-refractivity contribution in [1.29, 1.82) is 5.26 Å². The molecule has 0 aliphatic heterocycles. The molecule has 188 valence electrons. The average molecular weight is 522 g/mol. The summed E-state index contributed by atoms with van der Waals surface area (Å²) in [7, 11) is 0. The molecule has 2 aromatic rings. The first-order chi connectivity index (χ1) is 15.7. The van der Waals surface area contributed by atoms with E-state index in [9.17, 15) is 62.3 Å². The van der Waals surface area contributed by atoms with Gasteiger partial charge >= 0.3 is 24.7 Å². The Balaban J connectivity index is 2.66. The number of rotatable bonds is 4. The van der Waals surface area contributed by atoms with Crippen LogP contribution in [0, 0.1) is 17.2 Å². The molecule has 35 heavy (non-hydrogen) atoms. The summed E-state index contributed by atoms with van der Waals surface area (Å²) in [5, 5.41) is 9.11. The summed E-state index contributed by atoms with van der Waals surface area (Å²) in [5.74, 6) is -6.95. The minimum absolute atomic E-state index is 0.149. The number of ketones is 2. The van der Waals surface area contributed by atoms with Gasteiger partial charge in [-0.3, -0.25) is 9.59 Å². The minimum Gasteiger partial charge on any atom is -0.292 e. The maximum Gasteiger partial charge on any atom is 0.433 e. The van der Waals surface area contributed by atoms with Crippen LogP contribution in [0.15, 0.2) is 30.3 Å². The van der Waals surface area contributed by atoms with Gasteiger partial charge in [0.2, 0.25) is 0 Å². The summed E-state index contributed by atoms with van der Waals surface area (Å²) in [4.78, 5) is 27.2. The van der Waals surface area contributed by atoms with E-state index in [1.165, 1.54) is 0 Å². The molecule has 0 N–H and O–H groups in total. The Hall–Kier alpha value is -3.64. The zero-order valence-electron chi connectivity index (χ0n) is 16.2. The van der Waals surface area contributed by atoms with Gasteiger partial charge in [0, 0.05) is 11.1 Å². The van der Waals surface area contributed by atoms with E-state index in [0.29, 0.717) is 0 Å². The molecular weight excluding hydrogens is 516 g/mol. The lowest BCUT2D eigenvalue weighted by Crippen LogP contribution is -2.26. The molecule has 1 unspecified atom stereocenters. The van der Waals surface area contributed by atoms with Crippen molar-refractivity contribution >= 4 is 11.6 Å². The molecule has 16 heteroatoms. The predicted molar refractivity (Wildman–Crippen MR) is 88.5 cm³/mol. The zero-order chi connectivity index (χ0) is 27.1. The van der Waals surface area contributed by atoms with E-state index >= 15 is 0 Å². The minimum atomic E-state index is -5.54. The van der Waals surface area contributed by atoms with E-state index in [1.54, 1.807) is 0 Å². The van der Waals surface area contributed by atoms with Crippen LogP contribution in [0.4, 0.5) is 52.7 Å². The molecular formula is C19H6F12N2O2. The molecule has 1 aromatic heterocycles. The van der Waals surface area contributed by atoms with E-state index in [-0.39, 0.29) is 30.3 Å². The molecule has 1 aromatic carbocycles. The first kappa shape index (κ1) is 27.6. The first-order valence-electron chi connectivity index (χ1n) is 8.60. The molecule has 4 nitrogen and oxygen atoms in total. The van der Waals surface area contributed by atoms with Crippen molar-refractivity contribution in [3.05, 3.63) is 64.0 Å². The van der Waals surface area contributed by atoms with Gasteiger partial charge in [-0.25, -0.2) is 4.98 Å². The van der Waals surface area contributed by atoms with Crippen LogP contribution in [0.25, 0.3) is 0 Å². The highest BCUT2D eigenvalue weighted by atomic mass is 19.4. The summed E-state index contributed by atoms with van der Waals surface area (Å²) in [6.45, 7) is 0. The Morgan fingerprint density at radius 1 is 0.629 bits per heavy atom. The van der Waals surface area contributed by atoms with Crippen molar-refractivity contribution in [2.24, 2.45) is 5.92 Å². The van der Waals surface area contributed by atoms with Crippen LogP contribution in [-0.2, 0) is 24.7 Å². The van der Waals surface area contributed by atoms with Gasteiger partial charge in [-0.2, -0.15) is 57.9 Å². The number of alkyl halides is 12. The lowest BCUT2D eigenvalue weighted by atomic mass is 9.89. The Morgan fingerprint density at radius 3 is 1.26 bits per heavy atom. The second kappa shape index (κ2) is 8.86. The fraction of sp³-hybridized carbons (Fsp3) is 0.263. The predicted octanol–water partition coefficient (Wildman–Crippen LogP) is 6.36. The lowest BCUT2D eigenvalue weighted by Gasteiger charge is -2.16. The molecule has 0 aliphatic carbocycles. The van der Waals surface area contributed by atoms with Crippen molar-refractivity contribution in [2.45, 2.75) is 24.7 Å². The topological polar surface area (TPSA) is 70.8 Å². The van der Waals surface area contributed by atoms with Gasteiger partial charge in [0.15, 0.2) is 17.5 Å². The molecule has 0 aliphatic rings. The maximum absolute atomic E-state index is 13.0. The number of Topliss-reactive ketones (excluding diaryl/α,β-unsaturated/α-hetero) is 2. The van der Waals surface area contributed by atoms with Gasteiger partial charge in [-0.1, -0.05) is 0 Å². The highest BCUT2D eigenvalue weighted by molar-refractivity contribution is 6.18. The van der Waals surface area contributed by atoms with Crippen LogP contribution in [0.1, 0.15) is 43.2 Å². The van der Waals surface area contributed by atoms with Gasteiger partial charge in [0.25, 0.3) is 0 Å². The standard InChI is InChI=1S/C19H6F12N2O2/c20-16(21,22)9-1-7(2-10(5-9)17(23,24)25)14(34)11(6-32)15(35)8-3-12(18(26,27)28)33-13(4-8)19(29,30)31/h1-5,11H. The lowest BCUT2D eigenvalue weighted by molar-refractivity contribution is -0.150. The highest BCUT2D eigenvalue weighted by Crippen LogP contribution is 2.38. The van der Waals surface area contributed by atoms with Crippen molar-refractivity contribution in [1.82, 2.24) is 4.98 Å². The van der Waals surface area contributed by atoms with E-state index in [1.807, 2.05) is 0 Å². The van der Waals surface area contributed by atoms with Crippen molar-refractivity contribution in [3.63, 3.8) is 0 Å². The number of carbonyl (C=O) groups is 2. The van der Waals surface area contributed by atoms with Crippen LogP contribution < -0.4 is 0 Å². The fourth-order valence-electron chi connectivity index (χ4n) is 2.63. The molecule has 0 saturated heterocycles. The largest absolute Gasteiger partial charge is 0.433 e. The Labute approximate surface area is 185 Å². The Bertz CT molecular complexity index is 1050. The number of hydrogen-bond donors (Lipinski definition) is 0. The quantitative estimate of drug-likeness (QED) is 0.266. The molecule has 0 bridgehead atoms. The highest BCUT2D eigenvalue weighted by Gasteiger charge is 2.42. The summed E-state index contributed by atoms with van der Waals surface area (Å²) < 4.78 is 156. The monoisotopic (exact) mass is 522 g/mol. The third kappa shape index (κ3) is 6.28. The summed E-state index contributed by atoms with van der Waals surface area (Å²) in [6.07, 6.45) is -21.9. The smallest absolute Gasteiger partial charge is 0.292 e. The van der Waals surface area contributed by atoms with Gasteiger partial charge in [0.1, 0.15) is 11.4 Å². The zero-order valence-corrected chi connectivity index (χ0v) is 16.2.